The predicted molar refractivity (Wildman–Crippen MR) is 76.6 cm³/mol. The number of benzene rings is 1. The Bertz CT molecular complexity index is 438. The van der Waals surface area contributed by atoms with Gasteiger partial charge >= 0.3 is 0 Å². The van der Waals surface area contributed by atoms with Gasteiger partial charge in [-0.1, -0.05) is 22.9 Å². The minimum absolute atomic E-state index is 0.102. The number of rotatable bonds is 2. The molecule has 1 aromatic carbocycles. The molecule has 1 saturated heterocycles. The van der Waals surface area contributed by atoms with E-state index in [0.717, 1.165) is 31.5 Å². The zero-order valence-corrected chi connectivity index (χ0v) is 12.4. The van der Waals surface area contributed by atoms with E-state index in [2.05, 4.69) is 34.8 Å². The zero-order valence-electron chi connectivity index (χ0n) is 10.9. The van der Waals surface area contributed by atoms with E-state index in [0.29, 0.717) is 0 Å². The summed E-state index contributed by atoms with van der Waals surface area (Å²) >= 11 is 3.77. The van der Waals surface area contributed by atoms with Crippen LogP contribution in [0.15, 0.2) is 18.2 Å². The molecule has 3 nitrogen and oxygen atoms in total. The van der Waals surface area contributed by atoms with Gasteiger partial charge in [-0.2, -0.15) is 0 Å². The van der Waals surface area contributed by atoms with Crippen molar-refractivity contribution in [1.82, 2.24) is 4.90 Å². The predicted octanol–water partition coefficient (Wildman–Crippen LogP) is 2.84. The van der Waals surface area contributed by atoms with Crippen molar-refractivity contribution >= 4 is 15.9 Å². The summed E-state index contributed by atoms with van der Waals surface area (Å²) in [5.41, 5.74) is 0.759. The second kappa shape index (κ2) is 5.10. The van der Waals surface area contributed by atoms with Crippen molar-refractivity contribution in [2.24, 2.45) is 0 Å². The van der Waals surface area contributed by atoms with Crippen molar-refractivity contribution in [1.29, 1.82) is 0 Å². The van der Waals surface area contributed by atoms with Crippen LogP contribution in [0.1, 0.15) is 25.3 Å². The van der Waals surface area contributed by atoms with Crippen molar-refractivity contribution in [2.45, 2.75) is 30.0 Å². The molecule has 18 heavy (non-hydrogen) atoms. The Morgan fingerprint density at radius 3 is 2.78 bits per heavy atom. The quantitative estimate of drug-likeness (QED) is 0.652. The molecule has 2 N–H and O–H groups in total. The smallest absolute Gasteiger partial charge is 0.119 e. The summed E-state index contributed by atoms with van der Waals surface area (Å²) in [4.78, 5) is 2.56. The average Bonchev–Trinajstić information content (AvgIpc) is 2.34. The van der Waals surface area contributed by atoms with Gasteiger partial charge in [0.1, 0.15) is 11.5 Å². The molecule has 100 valence electrons. The first-order chi connectivity index (χ1) is 8.49. The Balaban J connectivity index is 2.46. The number of nitrogens with zero attached hydrogens (tertiary/aromatic N) is 1. The van der Waals surface area contributed by atoms with Gasteiger partial charge in [-0.15, -0.1) is 0 Å². The highest BCUT2D eigenvalue weighted by Gasteiger charge is 2.42. The van der Waals surface area contributed by atoms with Gasteiger partial charge < -0.3 is 15.1 Å². The number of phenols is 2. The molecule has 2 atom stereocenters. The average molecular weight is 314 g/mol. The van der Waals surface area contributed by atoms with Crippen LogP contribution < -0.4 is 0 Å². The summed E-state index contributed by atoms with van der Waals surface area (Å²) in [5.74, 6) is 0.498. The van der Waals surface area contributed by atoms with Crippen LogP contribution in [0.2, 0.25) is 0 Å². The normalized spacial score (nSPS) is 29.4. The summed E-state index contributed by atoms with van der Waals surface area (Å²) in [7, 11) is 2.11. The van der Waals surface area contributed by atoms with Crippen molar-refractivity contribution in [3.05, 3.63) is 23.8 Å². The van der Waals surface area contributed by atoms with Crippen LogP contribution >= 0.6 is 15.9 Å². The first-order valence-electron chi connectivity index (χ1n) is 6.34. The van der Waals surface area contributed by atoms with Gasteiger partial charge in [0, 0.05) is 22.4 Å². The van der Waals surface area contributed by atoms with E-state index in [1.54, 1.807) is 12.1 Å². The molecule has 1 aliphatic rings. The highest BCUT2D eigenvalue weighted by atomic mass is 79.9. The van der Waals surface area contributed by atoms with Crippen LogP contribution in [0.25, 0.3) is 0 Å². The monoisotopic (exact) mass is 313 g/mol. The second-order valence-electron chi connectivity index (χ2n) is 5.19. The molecular formula is C14H20BrNO2. The number of likely N-dealkylation sites (tertiary alicyclic amines) is 1. The van der Waals surface area contributed by atoms with Gasteiger partial charge in [-0.25, -0.2) is 0 Å². The third-order valence-corrected chi connectivity index (χ3v) is 5.32. The van der Waals surface area contributed by atoms with E-state index in [9.17, 15) is 10.2 Å². The molecule has 0 radical (unpaired) electrons. The largest absolute Gasteiger partial charge is 0.508 e. The van der Waals surface area contributed by atoms with Crippen molar-refractivity contribution < 1.29 is 10.2 Å². The molecule has 0 aromatic heterocycles. The number of hydrogen-bond acceptors (Lipinski definition) is 3. The molecule has 0 unspecified atom stereocenters. The lowest BCUT2D eigenvalue weighted by Crippen LogP contribution is -2.49. The topological polar surface area (TPSA) is 43.7 Å². The minimum Gasteiger partial charge on any atom is -0.508 e. The fourth-order valence-corrected chi connectivity index (χ4v) is 4.20. The lowest BCUT2D eigenvalue weighted by atomic mass is 9.70. The summed E-state index contributed by atoms with van der Waals surface area (Å²) in [6, 6.07) is 4.82. The van der Waals surface area contributed by atoms with Gasteiger partial charge in [-0.05, 0) is 44.6 Å². The van der Waals surface area contributed by atoms with Gasteiger partial charge in [0.05, 0.1) is 0 Å². The molecule has 1 aromatic rings. The van der Waals surface area contributed by atoms with E-state index in [-0.39, 0.29) is 21.7 Å². The number of aromatic hydroxyl groups is 2. The summed E-state index contributed by atoms with van der Waals surface area (Å²) < 4.78 is 0. The fraction of sp³-hybridized carbons (Fsp3) is 0.571. The Morgan fingerprint density at radius 1 is 1.44 bits per heavy atom. The number of halogens is 1. The number of alkyl halides is 1. The van der Waals surface area contributed by atoms with Crippen LogP contribution in [0.3, 0.4) is 0 Å². The molecular weight excluding hydrogens is 294 g/mol. The van der Waals surface area contributed by atoms with Gasteiger partial charge in [-0.3, -0.25) is 0 Å². The molecule has 0 spiro atoms. The molecule has 0 bridgehead atoms. The van der Waals surface area contributed by atoms with Gasteiger partial charge in [0.15, 0.2) is 0 Å². The Kier molecular flexibility index (Phi) is 3.87. The Hall–Kier alpha value is -0.740. The first kappa shape index (κ1) is 13.7. The van der Waals surface area contributed by atoms with Crippen LogP contribution in [0.5, 0.6) is 11.5 Å². The maximum absolute atomic E-state index is 10.1. The summed E-state index contributed by atoms with van der Waals surface area (Å²) in [6.45, 7) is 4.09. The first-order valence-corrected chi connectivity index (χ1v) is 7.26. The SMILES string of the molecule is CC[C@@]1(c2cc(O)ccc2O)CCN(C)C[C@@H]1Br. The minimum atomic E-state index is -0.102. The third kappa shape index (κ3) is 2.24. The standard InChI is InChI=1S/C14H20BrNO2/c1-3-14(6-7-16(2)9-13(14)15)11-8-10(17)4-5-12(11)18/h4-5,8,13,17-18H,3,6-7,9H2,1-2H3/t13-,14-/m0/s1. The zero-order chi connectivity index (χ0) is 13.3. The van der Waals surface area contributed by atoms with E-state index in [4.69, 9.17) is 0 Å². The van der Waals surface area contributed by atoms with Crippen LogP contribution in [0, 0.1) is 0 Å². The van der Waals surface area contributed by atoms with Crippen molar-refractivity contribution in [3.63, 3.8) is 0 Å². The van der Waals surface area contributed by atoms with E-state index in [1.165, 1.54) is 6.07 Å². The maximum atomic E-state index is 10.1. The highest BCUT2D eigenvalue weighted by molar-refractivity contribution is 9.09. The third-order valence-electron chi connectivity index (χ3n) is 4.16. The maximum Gasteiger partial charge on any atom is 0.119 e. The van der Waals surface area contributed by atoms with Crippen molar-refractivity contribution in [3.8, 4) is 11.5 Å². The molecule has 1 aliphatic heterocycles. The van der Waals surface area contributed by atoms with Crippen LogP contribution in [-0.2, 0) is 5.41 Å². The fourth-order valence-electron chi connectivity index (χ4n) is 2.90. The Morgan fingerprint density at radius 2 is 2.17 bits per heavy atom. The molecule has 1 heterocycles. The van der Waals surface area contributed by atoms with Crippen LogP contribution in [0.4, 0.5) is 0 Å². The number of phenolic OH excluding ortho intramolecular Hbond substituents is 2. The van der Waals surface area contributed by atoms with E-state index in [1.807, 2.05) is 0 Å². The van der Waals surface area contributed by atoms with E-state index < -0.39 is 0 Å². The lowest BCUT2D eigenvalue weighted by Gasteiger charge is -2.45. The molecule has 2 rings (SSSR count). The number of hydrogen-bond donors (Lipinski definition) is 2. The molecule has 1 fully saturated rings. The van der Waals surface area contributed by atoms with Crippen LogP contribution in [-0.4, -0.2) is 40.1 Å². The lowest BCUT2D eigenvalue weighted by molar-refractivity contribution is 0.190. The van der Waals surface area contributed by atoms with Crippen molar-refractivity contribution in [2.75, 3.05) is 20.1 Å². The summed E-state index contributed by atoms with van der Waals surface area (Å²) in [6.07, 6.45) is 1.92. The summed E-state index contributed by atoms with van der Waals surface area (Å²) in [5, 5.41) is 19.8. The van der Waals surface area contributed by atoms with Gasteiger partial charge in [0.25, 0.3) is 0 Å². The second-order valence-corrected chi connectivity index (χ2v) is 6.30. The number of piperidine rings is 1. The molecule has 0 amide bonds. The molecule has 0 aliphatic carbocycles. The highest BCUT2D eigenvalue weighted by Crippen LogP contribution is 2.46. The molecule has 4 heteroatoms. The Labute approximate surface area is 117 Å². The molecule has 0 saturated carbocycles. The van der Waals surface area contributed by atoms with Gasteiger partial charge in [0.2, 0.25) is 0 Å². The van der Waals surface area contributed by atoms with E-state index >= 15 is 0 Å².